The summed E-state index contributed by atoms with van der Waals surface area (Å²) in [6.45, 7) is 0.445. The largest absolute Gasteiger partial charge is 0.398 e. The number of hydrogen-bond donors (Lipinski definition) is 3. The van der Waals surface area contributed by atoms with Crippen LogP contribution in [0.2, 0.25) is 0 Å². The zero-order valence-corrected chi connectivity index (χ0v) is 12.8. The van der Waals surface area contributed by atoms with Gasteiger partial charge in [-0.2, -0.15) is 0 Å². The molecule has 1 amide bonds. The summed E-state index contributed by atoms with van der Waals surface area (Å²) in [5.74, 6) is -0.105. The number of sulfonamides is 1. The highest BCUT2D eigenvalue weighted by Crippen LogP contribution is 2.25. The first-order valence-electron chi connectivity index (χ1n) is 6.97. The normalized spacial score (nSPS) is 22.1. The number of rotatable bonds is 5. The topological polar surface area (TPSA) is 101 Å². The van der Waals surface area contributed by atoms with Gasteiger partial charge in [-0.1, -0.05) is 18.6 Å². The van der Waals surface area contributed by atoms with Gasteiger partial charge in [0.2, 0.25) is 10.0 Å². The van der Waals surface area contributed by atoms with Crippen molar-refractivity contribution < 1.29 is 13.2 Å². The monoisotopic (exact) mass is 311 g/mol. The quantitative estimate of drug-likeness (QED) is 0.697. The molecule has 6 nitrogen and oxygen atoms in total. The molecular formula is C14H21N3O3S. The van der Waals surface area contributed by atoms with Gasteiger partial charge in [-0.15, -0.1) is 0 Å². The summed E-state index contributed by atoms with van der Waals surface area (Å²) < 4.78 is 25.3. The van der Waals surface area contributed by atoms with Crippen molar-refractivity contribution in [1.82, 2.24) is 10.0 Å². The molecule has 0 heterocycles. The number of carbonyl (C=O) groups excluding carboxylic acids is 1. The first-order valence-corrected chi connectivity index (χ1v) is 8.86. The second kappa shape index (κ2) is 6.44. The fourth-order valence-corrected chi connectivity index (χ4v) is 3.59. The highest BCUT2D eigenvalue weighted by atomic mass is 32.2. The molecule has 2 unspecified atom stereocenters. The van der Waals surface area contributed by atoms with Crippen molar-refractivity contribution in [3.8, 4) is 0 Å². The Hall–Kier alpha value is -1.60. The first kappa shape index (κ1) is 15.8. The average Bonchev–Trinajstić information content (AvgIpc) is 2.81. The number of nitrogens with one attached hydrogen (secondary N) is 2. The molecule has 4 N–H and O–H groups in total. The van der Waals surface area contributed by atoms with Gasteiger partial charge in [0.25, 0.3) is 5.91 Å². The Balaban J connectivity index is 1.93. The number of hydrogen-bond acceptors (Lipinski definition) is 4. The van der Waals surface area contributed by atoms with Crippen LogP contribution in [0.15, 0.2) is 24.3 Å². The van der Waals surface area contributed by atoms with Crippen molar-refractivity contribution >= 4 is 21.6 Å². The van der Waals surface area contributed by atoms with Crippen LogP contribution >= 0.6 is 0 Å². The van der Waals surface area contributed by atoms with Crippen LogP contribution in [0.25, 0.3) is 0 Å². The minimum Gasteiger partial charge on any atom is -0.398 e. The summed E-state index contributed by atoms with van der Waals surface area (Å²) in [4.78, 5) is 12.1. The SMILES string of the molecule is CS(=O)(=O)NC1CCCC1CNC(=O)c1ccccc1N. The van der Waals surface area contributed by atoms with Crippen LogP contribution in [0.3, 0.4) is 0 Å². The fraction of sp³-hybridized carbons (Fsp3) is 0.500. The van der Waals surface area contributed by atoms with Gasteiger partial charge in [0.15, 0.2) is 0 Å². The highest BCUT2D eigenvalue weighted by molar-refractivity contribution is 7.88. The van der Waals surface area contributed by atoms with Crippen molar-refractivity contribution in [2.75, 3.05) is 18.5 Å². The van der Waals surface area contributed by atoms with E-state index < -0.39 is 10.0 Å². The summed E-state index contributed by atoms with van der Waals surface area (Å²) in [7, 11) is -3.22. The lowest BCUT2D eigenvalue weighted by Crippen LogP contribution is -2.41. The van der Waals surface area contributed by atoms with Crippen LogP contribution in [0.1, 0.15) is 29.6 Å². The third-order valence-electron chi connectivity index (χ3n) is 3.75. The predicted molar refractivity (Wildman–Crippen MR) is 82.3 cm³/mol. The van der Waals surface area contributed by atoms with Crippen LogP contribution in [0, 0.1) is 5.92 Å². The Labute approximate surface area is 125 Å². The van der Waals surface area contributed by atoms with E-state index in [0.29, 0.717) is 17.8 Å². The second-order valence-electron chi connectivity index (χ2n) is 5.48. The van der Waals surface area contributed by atoms with E-state index in [0.717, 1.165) is 25.5 Å². The molecule has 0 spiro atoms. The maximum Gasteiger partial charge on any atom is 0.253 e. The molecule has 0 bridgehead atoms. The number of nitrogens with two attached hydrogens (primary N) is 1. The number of anilines is 1. The summed E-state index contributed by atoms with van der Waals surface area (Å²) in [6.07, 6.45) is 3.83. The zero-order chi connectivity index (χ0) is 15.5. The second-order valence-corrected chi connectivity index (χ2v) is 7.26. The highest BCUT2D eigenvalue weighted by Gasteiger charge is 2.29. The van der Waals surface area contributed by atoms with Crippen LogP contribution in [0.5, 0.6) is 0 Å². The maximum absolute atomic E-state index is 12.1. The van der Waals surface area contributed by atoms with Crippen LogP contribution in [-0.2, 0) is 10.0 Å². The lowest BCUT2D eigenvalue weighted by molar-refractivity contribution is 0.0947. The number of amides is 1. The molecule has 1 fully saturated rings. The molecule has 1 saturated carbocycles. The molecule has 2 rings (SSSR count). The van der Waals surface area contributed by atoms with E-state index in [4.69, 9.17) is 5.73 Å². The Morgan fingerprint density at radius 3 is 2.71 bits per heavy atom. The van der Waals surface area contributed by atoms with Gasteiger partial charge < -0.3 is 11.1 Å². The molecule has 1 aliphatic carbocycles. The average molecular weight is 311 g/mol. The number of carbonyl (C=O) groups is 1. The number of benzene rings is 1. The Kier molecular flexibility index (Phi) is 4.84. The van der Waals surface area contributed by atoms with Crippen LogP contribution < -0.4 is 15.8 Å². The van der Waals surface area contributed by atoms with Gasteiger partial charge in [0.1, 0.15) is 0 Å². The number of para-hydroxylation sites is 1. The molecule has 0 aromatic heterocycles. The lowest BCUT2D eigenvalue weighted by Gasteiger charge is -2.20. The zero-order valence-electron chi connectivity index (χ0n) is 12.0. The molecule has 7 heteroatoms. The van der Waals surface area contributed by atoms with Crippen molar-refractivity contribution in [3.05, 3.63) is 29.8 Å². The smallest absolute Gasteiger partial charge is 0.253 e. The summed E-state index contributed by atoms with van der Waals surface area (Å²) in [5, 5.41) is 2.84. The standard InChI is InChI=1S/C14H21N3O3S/c1-21(19,20)17-13-8-4-5-10(13)9-16-14(18)11-6-2-3-7-12(11)15/h2-3,6-7,10,13,17H,4-5,8-9,15H2,1H3,(H,16,18). The van der Waals surface area contributed by atoms with Crippen LogP contribution in [0.4, 0.5) is 5.69 Å². The van der Waals surface area contributed by atoms with E-state index in [1.807, 2.05) is 0 Å². The Bertz CT molecular complexity index is 616. The van der Waals surface area contributed by atoms with Gasteiger partial charge in [0, 0.05) is 18.3 Å². The number of nitrogen functional groups attached to an aromatic ring is 1. The van der Waals surface area contributed by atoms with E-state index in [1.165, 1.54) is 0 Å². The van der Waals surface area contributed by atoms with E-state index in [-0.39, 0.29) is 17.9 Å². The van der Waals surface area contributed by atoms with Gasteiger partial charge in [0.05, 0.1) is 11.8 Å². The lowest BCUT2D eigenvalue weighted by atomic mass is 10.0. The molecule has 2 atom stereocenters. The van der Waals surface area contributed by atoms with Crippen molar-refractivity contribution in [2.24, 2.45) is 5.92 Å². The molecule has 1 aliphatic rings. The summed E-state index contributed by atoms with van der Waals surface area (Å²) >= 11 is 0. The molecule has 21 heavy (non-hydrogen) atoms. The third-order valence-corrected chi connectivity index (χ3v) is 4.49. The molecule has 1 aromatic carbocycles. The van der Waals surface area contributed by atoms with Gasteiger partial charge >= 0.3 is 0 Å². The van der Waals surface area contributed by atoms with Gasteiger partial charge in [-0.3, -0.25) is 4.79 Å². The Morgan fingerprint density at radius 1 is 1.33 bits per heavy atom. The molecule has 0 aliphatic heterocycles. The molecular weight excluding hydrogens is 290 g/mol. The molecule has 0 radical (unpaired) electrons. The van der Waals surface area contributed by atoms with E-state index in [2.05, 4.69) is 10.0 Å². The molecule has 1 aromatic rings. The Morgan fingerprint density at radius 2 is 2.05 bits per heavy atom. The summed E-state index contributed by atoms with van der Waals surface area (Å²) in [6, 6.07) is 6.78. The third kappa shape index (κ3) is 4.44. The molecule has 0 saturated heterocycles. The van der Waals surface area contributed by atoms with Crippen molar-refractivity contribution in [2.45, 2.75) is 25.3 Å². The first-order chi connectivity index (χ1) is 9.87. The predicted octanol–water partition coefficient (Wildman–Crippen LogP) is 0.716. The minimum absolute atomic E-state index is 0.103. The fourth-order valence-electron chi connectivity index (χ4n) is 2.73. The van der Waals surface area contributed by atoms with Crippen LogP contribution in [-0.4, -0.2) is 33.2 Å². The summed E-state index contributed by atoms with van der Waals surface area (Å²) in [5.41, 5.74) is 6.65. The van der Waals surface area contributed by atoms with E-state index in [1.54, 1.807) is 24.3 Å². The molecule has 116 valence electrons. The van der Waals surface area contributed by atoms with Gasteiger partial charge in [-0.25, -0.2) is 13.1 Å². The van der Waals surface area contributed by atoms with Crippen molar-refractivity contribution in [3.63, 3.8) is 0 Å². The van der Waals surface area contributed by atoms with Crippen molar-refractivity contribution in [1.29, 1.82) is 0 Å². The van der Waals surface area contributed by atoms with E-state index >= 15 is 0 Å². The van der Waals surface area contributed by atoms with E-state index in [9.17, 15) is 13.2 Å². The minimum atomic E-state index is -3.22. The van der Waals surface area contributed by atoms with Gasteiger partial charge in [-0.05, 0) is 30.9 Å². The maximum atomic E-state index is 12.1.